The van der Waals surface area contributed by atoms with Crippen LogP contribution in [-0.2, 0) is 38.2 Å². The van der Waals surface area contributed by atoms with E-state index in [2.05, 4.69) is 28.2 Å². The molecule has 15 heteroatoms. The topological polar surface area (TPSA) is 235 Å². The van der Waals surface area contributed by atoms with Crippen molar-refractivity contribution >= 4 is 35.6 Å². The molecule has 2 atom stereocenters. The third-order valence-corrected chi connectivity index (χ3v) is 8.19. The highest BCUT2D eigenvalue weighted by Gasteiger charge is 2.21. The number of hydrogen-bond donors (Lipinski definition) is 7. The largest absolute Gasteiger partial charge is 0.481 e. The van der Waals surface area contributed by atoms with Crippen LogP contribution in [0.4, 0.5) is 0 Å². The summed E-state index contributed by atoms with van der Waals surface area (Å²) in [5.41, 5.74) is 5.91. The number of hydrogen-bond acceptors (Lipinski definition) is 9. The van der Waals surface area contributed by atoms with Crippen molar-refractivity contribution in [2.75, 3.05) is 46.1 Å². The second-order valence-electron chi connectivity index (χ2n) is 12.9. The van der Waals surface area contributed by atoms with Gasteiger partial charge in [0.05, 0.1) is 25.9 Å². The molecule has 296 valence electrons. The molecule has 0 bridgehead atoms. The summed E-state index contributed by atoms with van der Waals surface area (Å²) >= 11 is 0. The molecule has 0 radical (unpaired) electrons. The van der Waals surface area contributed by atoms with Crippen molar-refractivity contribution in [3.63, 3.8) is 0 Å². The minimum absolute atomic E-state index is 0.0239. The Bertz CT molecular complexity index is 969. The average molecular weight is 730 g/mol. The second kappa shape index (κ2) is 33.8. The number of aliphatic carboxylic acids is 2. The molecule has 0 fully saturated rings. The summed E-state index contributed by atoms with van der Waals surface area (Å²) in [6.07, 6.45) is 15.2. The number of carboxylic acid groups (broad SMARTS) is 2. The summed E-state index contributed by atoms with van der Waals surface area (Å²) in [7, 11) is 0. The van der Waals surface area contributed by atoms with Gasteiger partial charge in [-0.25, -0.2) is 4.79 Å². The molecule has 0 heterocycles. The Morgan fingerprint density at radius 3 is 1.76 bits per heavy atom. The first-order chi connectivity index (χ1) is 24.6. The van der Waals surface area contributed by atoms with E-state index in [9.17, 15) is 33.9 Å². The summed E-state index contributed by atoms with van der Waals surface area (Å²) in [6, 6.07) is -1.68. The molecule has 0 aliphatic carbocycles. The number of carboxylic acids is 2. The van der Waals surface area contributed by atoms with E-state index in [1.54, 1.807) is 0 Å². The van der Waals surface area contributed by atoms with Crippen LogP contribution in [0.1, 0.15) is 135 Å². The predicted octanol–water partition coefficient (Wildman–Crippen LogP) is 3.17. The smallest absolute Gasteiger partial charge is 0.326 e. The molecule has 4 amide bonds. The number of carbonyl (C=O) groups is 6. The van der Waals surface area contributed by atoms with Gasteiger partial charge in [0.2, 0.25) is 23.6 Å². The standard InChI is InChI=1S/C36H67N5O10/c1-2-3-15-23-40-35(47)29(37)17-14-16-22-38-33(44)28-51-27-26-50-25-24-39-31(42)21-20-30(36(48)49)41-32(43)18-12-10-8-6-4-5-7-9-11-13-19-34(45)46/h29-30H,2-28,37H2,1H3,(H,38,44)(H,39,42)(H,40,47)(H,41,43)(H,45,46)(H,48,49)/t29-,30-/m0/s1. The minimum Gasteiger partial charge on any atom is -0.481 e. The zero-order chi connectivity index (χ0) is 38.0. The van der Waals surface area contributed by atoms with Crippen molar-refractivity contribution in [3.8, 4) is 0 Å². The average Bonchev–Trinajstić information content (AvgIpc) is 3.09. The van der Waals surface area contributed by atoms with Gasteiger partial charge in [0, 0.05) is 38.9 Å². The van der Waals surface area contributed by atoms with Crippen LogP contribution in [0.2, 0.25) is 0 Å². The fourth-order valence-electron chi connectivity index (χ4n) is 5.13. The summed E-state index contributed by atoms with van der Waals surface area (Å²) in [4.78, 5) is 70.3. The third kappa shape index (κ3) is 32.4. The maximum absolute atomic E-state index is 12.2. The highest BCUT2D eigenvalue weighted by atomic mass is 16.5. The Morgan fingerprint density at radius 2 is 1.14 bits per heavy atom. The van der Waals surface area contributed by atoms with Gasteiger partial charge in [0.1, 0.15) is 12.6 Å². The van der Waals surface area contributed by atoms with E-state index in [-0.39, 0.29) is 82.3 Å². The van der Waals surface area contributed by atoms with Crippen LogP contribution in [-0.4, -0.2) is 104 Å². The molecule has 0 aromatic carbocycles. The van der Waals surface area contributed by atoms with E-state index in [1.807, 2.05) is 0 Å². The molecule has 15 nitrogen and oxygen atoms in total. The van der Waals surface area contributed by atoms with E-state index in [4.69, 9.17) is 20.3 Å². The van der Waals surface area contributed by atoms with Gasteiger partial charge in [-0.2, -0.15) is 0 Å². The molecule has 0 saturated carbocycles. The van der Waals surface area contributed by atoms with Crippen LogP contribution >= 0.6 is 0 Å². The first kappa shape index (κ1) is 47.7. The minimum atomic E-state index is -1.19. The molecule has 0 spiro atoms. The van der Waals surface area contributed by atoms with Gasteiger partial charge >= 0.3 is 11.9 Å². The van der Waals surface area contributed by atoms with Crippen molar-refractivity contribution in [1.82, 2.24) is 21.3 Å². The highest BCUT2D eigenvalue weighted by Crippen LogP contribution is 2.12. The van der Waals surface area contributed by atoms with Crippen LogP contribution in [0, 0.1) is 0 Å². The molecular formula is C36H67N5O10. The Labute approximate surface area is 304 Å². The van der Waals surface area contributed by atoms with Crippen LogP contribution < -0.4 is 27.0 Å². The van der Waals surface area contributed by atoms with Gasteiger partial charge in [-0.3, -0.25) is 24.0 Å². The Hall–Kier alpha value is -3.30. The molecule has 0 aromatic heterocycles. The zero-order valence-electron chi connectivity index (χ0n) is 31.0. The quantitative estimate of drug-likeness (QED) is 0.0463. The van der Waals surface area contributed by atoms with Crippen LogP contribution in [0.15, 0.2) is 0 Å². The molecule has 0 aliphatic rings. The van der Waals surface area contributed by atoms with Gasteiger partial charge in [0.15, 0.2) is 0 Å². The molecule has 0 rings (SSSR count). The highest BCUT2D eigenvalue weighted by molar-refractivity contribution is 5.84. The lowest BCUT2D eigenvalue weighted by molar-refractivity contribution is -0.142. The van der Waals surface area contributed by atoms with Crippen molar-refractivity contribution in [2.45, 2.75) is 147 Å². The SMILES string of the molecule is CCCCCNC(=O)[C@@H](N)CCCCNC(=O)COCCOCCNC(=O)CC[C@H](NC(=O)CCCCCCCCCCCCC(=O)O)C(=O)O. The van der Waals surface area contributed by atoms with E-state index in [1.165, 1.54) is 0 Å². The fraction of sp³-hybridized carbons (Fsp3) is 0.833. The van der Waals surface area contributed by atoms with Gasteiger partial charge in [-0.05, 0) is 44.9 Å². The monoisotopic (exact) mass is 729 g/mol. The number of amides is 4. The fourth-order valence-corrected chi connectivity index (χ4v) is 5.13. The van der Waals surface area contributed by atoms with Gasteiger partial charge in [0.25, 0.3) is 0 Å². The zero-order valence-corrected chi connectivity index (χ0v) is 31.0. The summed E-state index contributed by atoms with van der Waals surface area (Å²) in [5, 5.41) is 28.9. The van der Waals surface area contributed by atoms with Crippen LogP contribution in [0.3, 0.4) is 0 Å². The third-order valence-electron chi connectivity index (χ3n) is 8.19. The Balaban J connectivity index is 3.74. The molecule has 0 aliphatic heterocycles. The molecule has 0 unspecified atom stereocenters. The lowest BCUT2D eigenvalue weighted by Crippen LogP contribution is -2.41. The number of nitrogens with two attached hydrogens (primary N) is 1. The number of nitrogens with one attached hydrogen (secondary N) is 4. The summed E-state index contributed by atoms with van der Waals surface area (Å²) in [5.74, 6) is -3.00. The van der Waals surface area contributed by atoms with Gasteiger partial charge in [-0.1, -0.05) is 71.1 Å². The Kier molecular flexibility index (Phi) is 31.6. The maximum Gasteiger partial charge on any atom is 0.326 e. The van der Waals surface area contributed by atoms with Gasteiger partial charge < -0.3 is 46.7 Å². The second-order valence-corrected chi connectivity index (χ2v) is 12.9. The normalized spacial score (nSPS) is 12.1. The van der Waals surface area contributed by atoms with Crippen LogP contribution in [0.5, 0.6) is 0 Å². The molecule has 51 heavy (non-hydrogen) atoms. The molecule has 0 saturated heterocycles. The van der Waals surface area contributed by atoms with Crippen molar-refractivity contribution < 1.29 is 48.5 Å². The molecule has 0 aromatic rings. The van der Waals surface area contributed by atoms with E-state index >= 15 is 0 Å². The molecular weight excluding hydrogens is 662 g/mol. The van der Waals surface area contributed by atoms with E-state index in [0.717, 1.165) is 83.5 Å². The number of ether oxygens (including phenoxy) is 2. The van der Waals surface area contributed by atoms with Crippen LogP contribution in [0.25, 0.3) is 0 Å². The Morgan fingerprint density at radius 1 is 0.569 bits per heavy atom. The molecule has 8 N–H and O–H groups in total. The first-order valence-electron chi connectivity index (χ1n) is 19.0. The van der Waals surface area contributed by atoms with Crippen molar-refractivity contribution in [2.24, 2.45) is 5.73 Å². The van der Waals surface area contributed by atoms with Crippen molar-refractivity contribution in [3.05, 3.63) is 0 Å². The van der Waals surface area contributed by atoms with Gasteiger partial charge in [-0.15, -0.1) is 0 Å². The summed E-state index contributed by atoms with van der Waals surface area (Å²) < 4.78 is 10.7. The van der Waals surface area contributed by atoms with E-state index < -0.39 is 24.0 Å². The number of carbonyl (C=O) groups excluding carboxylic acids is 4. The number of rotatable bonds is 36. The summed E-state index contributed by atoms with van der Waals surface area (Å²) in [6.45, 7) is 3.96. The first-order valence-corrected chi connectivity index (χ1v) is 19.0. The number of unbranched alkanes of at least 4 members (excludes halogenated alkanes) is 12. The lowest BCUT2D eigenvalue weighted by atomic mass is 10.0. The lowest BCUT2D eigenvalue weighted by Gasteiger charge is -2.14. The van der Waals surface area contributed by atoms with Crippen molar-refractivity contribution in [1.29, 1.82) is 0 Å². The predicted molar refractivity (Wildman–Crippen MR) is 194 cm³/mol. The maximum atomic E-state index is 12.2. The van der Waals surface area contributed by atoms with E-state index in [0.29, 0.717) is 32.4 Å².